The molecule has 0 atom stereocenters. The zero-order valence-corrected chi connectivity index (χ0v) is 13.8. The van der Waals surface area contributed by atoms with E-state index in [2.05, 4.69) is 10.4 Å². The molecule has 8 heteroatoms. The number of aromatic nitrogens is 1. The Balaban J connectivity index is 1.71. The summed E-state index contributed by atoms with van der Waals surface area (Å²) in [6.07, 6.45) is 0. The zero-order chi connectivity index (χ0) is 17.3. The molecule has 2 heterocycles. The van der Waals surface area contributed by atoms with Crippen LogP contribution in [0.25, 0.3) is 0 Å². The summed E-state index contributed by atoms with van der Waals surface area (Å²) in [5.74, 6) is -1.33. The van der Waals surface area contributed by atoms with Crippen molar-refractivity contribution in [1.29, 1.82) is 5.26 Å². The highest BCUT2D eigenvalue weighted by molar-refractivity contribution is 7.10. The smallest absolute Gasteiger partial charge is 0.256 e. The molecular formula is C16H15FN4O2S. The number of benzene rings is 1. The minimum Gasteiger partial charge on any atom is -0.508 e. The van der Waals surface area contributed by atoms with Crippen LogP contribution in [0.1, 0.15) is 21.6 Å². The molecule has 24 heavy (non-hydrogen) atoms. The number of carbonyl (C=O) groups is 1. The summed E-state index contributed by atoms with van der Waals surface area (Å²) < 4.78 is 18.0. The average Bonchev–Trinajstić information content (AvgIpc) is 2.95. The van der Waals surface area contributed by atoms with E-state index in [1.165, 1.54) is 23.7 Å². The third-order valence-corrected chi connectivity index (χ3v) is 4.99. The second kappa shape index (κ2) is 6.45. The summed E-state index contributed by atoms with van der Waals surface area (Å²) in [4.78, 5) is 16.0. The van der Waals surface area contributed by atoms with Crippen LogP contribution in [0.5, 0.6) is 5.75 Å². The molecule has 0 radical (unpaired) electrons. The van der Waals surface area contributed by atoms with Gasteiger partial charge in [0.05, 0.1) is 11.3 Å². The van der Waals surface area contributed by atoms with Crippen molar-refractivity contribution in [2.24, 2.45) is 0 Å². The molecule has 0 saturated carbocycles. The predicted octanol–water partition coefficient (Wildman–Crippen LogP) is 2.13. The minimum atomic E-state index is -0.729. The van der Waals surface area contributed by atoms with Gasteiger partial charge in [0.2, 0.25) is 0 Å². The van der Waals surface area contributed by atoms with E-state index in [-0.39, 0.29) is 11.3 Å². The summed E-state index contributed by atoms with van der Waals surface area (Å²) in [5.41, 5.74) is 1.24. The van der Waals surface area contributed by atoms with Gasteiger partial charge in [0, 0.05) is 32.2 Å². The average molecular weight is 346 g/mol. The Morgan fingerprint density at radius 1 is 1.38 bits per heavy atom. The second-order valence-electron chi connectivity index (χ2n) is 5.50. The van der Waals surface area contributed by atoms with Crippen molar-refractivity contribution >= 4 is 22.4 Å². The van der Waals surface area contributed by atoms with Crippen molar-refractivity contribution < 1.29 is 14.3 Å². The van der Waals surface area contributed by atoms with Crippen LogP contribution < -0.4 is 4.90 Å². The summed E-state index contributed by atoms with van der Waals surface area (Å²) in [7, 11) is 0. The number of halogens is 1. The first-order chi connectivity index (χ1) is 11.5. The number of anilines is 1. The lowest BCUT2D eigenvalue weighted by atomic mass is 10.1. The molecule has 1 aromatic heterocycles. The topological polar surface area (TPSA) is 80.5 Å². The van der Waals surface area contributed by atoms with E-state index in [1.807, 2.05) is 4.90 Å². The van der Waals surface area contributed by atoms with Crippen LogP contribution in [0.4, 0.5) is 9.39 Å². The van der Waals surface area contributed by atoms with Gasteiger partial charge in [-0.05, 0) is 30.6 Å². The van der Waals surface area contributed by atoms with Gasteiger partial charge >= 0.3 is 0 Å². The number of phenols is 1. The van der Waals surface area contributed by atoms with Crippen molar-refractivity contribution in [2.45, 2.75) is 6.92 Å². The lowest BCUT2D eigenvalue weighted by molar-refractivity contribution is 0.0742. The molecule has 1 aromatic carbocycles. The number of rotatable bonds is 2. The maximum absolute atomic E-state index is 13.8. The molecule has 124 valence electrons. The molecule has 0 spiro atoms. The molecule has 1 fully saturated rings. The molecule has 1 N–H and O–H groups in total. The molecule has 1 amide bonds. The van der Waals surface area contributed by atoms with Crippen molar-refractivity contribution in [3.05, 3.63) is 40.8 Å². The Kier molecular flexibility index (Phi) is 4.36. The first-order valence-corrected chi connectivity index (χ1v) is 8.17. The van der Waals surface area contributed by atoms with E-state index in [0.717, 1.165) is 11.1 Å². The second-order valence-corrected chi connectivity index (χ2v) is 6.26. The predicted molar refractivity (Wildman–Crippen MR) is 87.7 cm³/mol. The fraction of sp³-hybridized carbons (Fsp3) is 0.312. The Morgan fingerprint density at radius 2 is 2.08 bits per heavy atom. The Morgan fingerprint density at radius 3 is 2.71 bits per heavy atom. The Labute approximate surface area is 142 Å². The number of aryl methyl sites for hydroxylation is 1. The highest BCUT2D eigenvalue weighted by atomic mass is 32.1. The summed E-state index contributed by atoms with van der Waals surface area (Å²) in [6.45, 7) is 3.78. The lowest BCUT2D eigenvalue weighted by Gasteiger charge is -2.35. The molecule has 3 rings (SSSR count). The highest BCUT2D eigenvalue weighted by Gasteiger charge is 2.26. The number of piperazine rings is 1. The Bertz CT molecular complexity index is 822. The van der Waals surface area contributed by atoms with Crippen LogP contribution in [-0.2, 0) is 0 Å². The number of hydrogen-bond acceptors (Lipinski definition) is 6. The van der Waals surface area contributed by atoms with Crippen LogP contribution in [0.3, 0.4) is 0 Å². The minimum absolute atomic E-state index is 0.0485. The van der Waals surface area contributed by atoms with E-state index in [9.17, 15) is 19.6 Å². The van der Waals surface area contributed by atoms with Crippen LogP contribution in [-0.4, -0.2) is 46.5 Å². The third-order valence-electron chi connectivity index (χ3n) is 3.99. The van der Waals surface area contributed by atoms with E-state index < -0.39 is 11.7 Å². The SMILES string of the molecule is Cc1nsc(N2CCN(C(=O)c3ccc(O)cc3F)CC2)c1C#N. The number of hydrogen-bond donors (Lipinski definition) is 1. The number of amides is 1. The standard InChI is InChI=1S/C16H15FN4O2S/c1-10-13(9-18)16(24-19-10)21-6-4-20(5-7-21)15(23)12-3-2-11(22)8-14(12)17/h2-3,8,22H,4-7H2,1H3. The largest absolute Gasteiger partial charge is 0.508 e. The van der Waals surface area contributed by atoms with Crippen molar-refractivity contribution in [3.63, 3.8) is 0 Å². The van der Waals surface area contributed by atoms with E-state index in [0.29, 0.717) is 37.4 Å². The van der Waals surface area contributed by atoms with Crippen LogP contribution >= 0.6 is 11.5 Å². The van der Waals surface area contributed by atoms with Gasteiger partial charge in [0.25, 0.3) is 5.91 Å². The van der Waals surface area contributed by atoms with Crippen LogP contribution in [0.2, 0.25) is 0 Å². The normalized spacial score (nSPS) is 14.5. The third kappa shape index (κ3) is 2.90. The van der Waals surface area contributed by atoms with E-state index in [4.69, 9.17) is 0 Å². The maximum Gasteiger partial charge on any atom is 0.256 e. The first-order valence-electron chi connectivity index (χ1n) is 7.40. The van der Waals surface area contributed by atoms with Crippen molar-refractivity contribution in [1.82, 2.24) is 9.27 Å². The quantitative estimate of drug-likeness (QED) is 0.901. The lowest BCUT2D eigenvalue weighted by Crippen LogP contribution is -2.49. The zero-order valence-electron chi connectivity index (χ0n) is 13.0. The number of phenolic OH excluding ortho intramolecular Hbond substituents is 1. The number of nitriles is 1. The monoisotopic (exact) mass is 346 g/mol. The summed E-state index contributed by atoms with van der Waals surface area (Å²) >= 11 is 1.28. The first kappa shape index (κ1) is 16.2. The fourth-order valence-corrected chi connectivity index (χ4v) is 3.56. The van der Waals surface area contributed by atoms with E-state index in [1.54, 1.807) is 11.8 Å². The Hall–Kier alpha value is -2.66. The molecule has 6 nitrogen and oxygen atoms in total. The molecular weight excluding hydrogens is 331 g/mol. The van der Waals surface area contributed by atoms with Gasteiger partial charge in [-0.1, -0.05) is 0 Å². The molecule has 1 saturated heterocycles. The van der Waals surface area contributed by atoms with Gasteiger partial charge in [0.1, 0.15) is 28.2 Å². The molecule has 0 bridgehead atoms. The van der Waals surface area contributed by atoms with Crippen molar-refractivity contribution in [3.8, 4) is 11.8 Å². The van der Waals surface area contributed by atoms with Crippen molar-refractivity contribution in [2.75, 3.05) is 31.1 Å². The van der Waals surface area contributed by atoms with Gasteiger partial charge < -0.3 is 14.9 Å². The molecule has 2 aromatic rings. The summed E-state index contributed by atoms with van der Waals surface area (Å²) in [5, 5.41) is 19.3. The van der Waals surface area contributed by atoms with Gasteiger partial charge in [-0.3, -0.25) is 4.79 Å². The van der Waals surface area contributed by atoms with Crippen LogP contribution in [0.15, 0.2) is 18.2 Å². The number of carbonyl (C=O) groups excluding carboxylic acids is 1. The van der Waals surface area contributed by atoms with Gasteiger partial charge in [0.15, 0.2) is 0 Å². The summed E-state index contributed by atoms with van der Waals surface area (Å²) in [6, 6.07) is 5.69. The molecule has 1 aliphatic heterocycles. The molecule has 0 unspecified atom stereocenters. The van der Waals surface area contributed by atoms with Gasteiger partial charge in [-0.25, -0.2) is 4.39 Å². The van der Waals surface area contributed by atoms with Gasteiger partial charge in [-0.15, -0.1) is 0 Å². The molecule has 0 aliphatic carbocycles. The number of aromatic hydroxyl groups is 1. The fourth-order valence-electron chi connectivity index (χ4n) is 2.66. The number of nitrogens with zero attached hydrogens (tertiary/aromatic N) is 4. The van der Waals surface area contributed by atoms with E-state index >= 15 is 0 Å². The van der Waals surface area contributed by atoms with Crippen LogP contribution in [0, 0.1) is 24.1 Å². The van der Waals surface area contributed by atoms with Gasteiger partial charge in [-0.2, -0.15) is 9.64 Å². The highest BCUT2D eigenvalue weighted by Crippen LogP contribution is 2.29. The maximum atomic E-state index is 13.8. The molecule has 1 aliphatic rings.